The van der Waals surface area contributed by atoms with Gasteiger partial charge in [0, 0.05) is 0 Å². The fraction of sp³-hybridized carbons (Fsp3) is 0.520. The quantitative estimate of drug-likeness (QED) is 0.680. The summed E-state index contributed by atoms with van der Waals surface area (Å²) in [7, 11) is 0. The van der Waals surface area contributed by atoms with E-state index in [9.17, 15) is 0 Å². The Morgan fingerprint density at radius 1 is 0.710 bits per heavy atom. The molecule has 31 heavy (non-hydrogen) atoms. The summed E-state index contributed by atoms with van der Waals surface area (Å²) in [6, 6.07) is 16.3. The van der Waals surface area contributed by atoms with E-state index >= 15 is 0 Å². The summed E-state index contributed by atoms with van der Waals surface area (Å²) in [5, 5.41) is 14.0. The Bertz CT molecular complexity index is 1230. The van der Waals surface area contributed by atoms with E-state index < -0.39 is 16.9 Å². The van der Waals surface area contributed by atoms with Gasteiger partial charge in [-0.3, -0.25) is 20.0 Å². The van der Waals surface area contributed by atoms with Crippen LogP contribution in [0.25, 0.3) is 0 Å². The van der Waals surface area contributed by atoms with Gasteiger partial charge in [0.25, 0.3) is 0 Å². The third-order valence-electron chi connectivity index (χ3n) is 7.53. The van der Waals surface area contributed by atoms with Crippen LogP contribution in [0, 0.1) is 0 Å². The van der Waals surface area contributed by atoms with Crippen molar-refractivity contribution in [3.05, 3.63) is 70.0 Å². The van der Waals surface area contributed by atoms with Crippen molar-refractivity contribution in [2.75, 3.05) is 0 Å². The van der Waals surface area contributed by atoms with Gasteiger partial charge in [0.15, 0.2) is 11.3 Å². The molecule has 4 aliphatic rings. The zero-order valence-corrected chi connectivity index (χ0v) is 18.0. The van der Waals surface area contributed by atoms with Gasteiger partial charge in [0.1, 0.15) is 11.6 Å². The average Bonchev–Trinajstić information content (AvgIpc) is 3.34. The molecule has 2 heterocycles. The van der Waals surface area contributed by atoms with Crippen LogP contribution < -0.4 is 21.4 Å². The molecule has 6 rings (SSSR count). The lowest BCUT2D eigenvalue weighted by atomic mass is 9.74. The van der Waals surface area contributed by atoms with Crippen molar-refractivity contribution in [3.8, 4) is 0 Å². The molecule has 0 bridgehead atoms. The van der Waals surface area contributed by atoms with Gasteiger partial charge in [-0.05, 0) is 69.7 Å². The third kappa shape index (κ3) is 2.91. The second-order valence-electron chi connectivity index (χ2n) is 9.58. The minimum absolute atomic E-state index is 0.0202. The van der Waals surface area contributed by atoms with Crippen LogP contribution in [0.4, 0.5) is 0 Å². The Balaban J connectivity index is 1.39. The minimum atomic E-state index is -0.535. The Hall–Kier alpha value is -2.76. The molecule has 2 fully saturated rings. The molecular formula is C25H28N6. The molecule has 2 aromatic carbocycles. The van der Waals surface area contributed by atoms with Crippen molar-refractivity contribution < 1.29 is 0 Å². The summed E-state index contributed by atoms with van der Waals surface area (Å²) in [5.41, 5.74) is -1.46. The highest BCUT2D eigenvalue weighted by atomic mass is 15.3. The van der Waals surface area contributed by atoms with E-state index in [0.29, 0.717) is 0 Å². The van der Waals surface area contributed by atoms with Gasteiger partial charge < -0.3 is 0 Å². The maximum absolute atomic E-state index is 5.11. The fourth-order valence-corrected chi connectivity index (χ4v) is 5.69. The smallest absolute Gasteiger partial charge is 0.177 e. The number of nitrogens with zero attached hydrogens (tertiary/aromatic N) is 6. The topological polar surface area (TPSA) is 74.2 Å². The highest BCUT2D eigenvalue weighted by Crippen LogP contribution is 2.45. The molecule has 158 valence electrons. The van der Waals surface area contributed by atoms with E-state index in [1.165, 1.54) is 0 Å². The molecule has 6 nitrogen and oxygen atoms in total. The lowest BCUT2D eigenvalue weighted by Crippen LogP contribution is -2.50. The molecule has 2 unspecified atom stereocenters. The highest BCUT2D eigenvalue weighted by Gasteiger charge is 2.52. The summed E-state index contributed by atoms with van der Waals surface area (Å²) in [5.74, 6) is 0. The van der Waals surface area contributed by atoms with Gasteiger partial charge in [0.05, 0.1) is 21.4 Å². The van der Waals surface area contributed by atoms with Gasteiger partial charge in [-0.1, -0.05) is 37.1 Å². The lowest BCUT2D eigenvalue weighted by molar-refractivity contribution is 0.158. The number of para-hydroxylation sites is 4. The molecule has 2 aliphatic heterocycles. The van der Waals surface area contributed by atoms with Gasteiger partial charge in [-0.25, -0.2) is 0 Å². The van der Waals surface area contributed by atoms with Crippen LogP contribution in [0.15, 0.2) is 78.7 Å². The molecule has 2 aromatic rings. The Morgan fingerprint density at radius 2 is 1.26 bits per heavy atom. The van der Waals surface area contributed by atoms with E-state index in [2.05, 4.69) is 31.2 Å². The molecule has 6 heteroatoms. The van der Waals surface area contributed by atoms with Crippen LogP contribution in [0.2, 0.25) is 0 Å². The SMILES string of the molecule is CC1(N=NC2CCCCC23N=c2ccccc2=N3)CCCCC12N=c1ccccc1=N2. The summed E-state index contributed by atoms with van der Waals surface area (Å²) < 4.78 is 0. The second kappa shape index (κ2) is 6.87. The molecule has 0 saturated heterocycles. The largest absolute Gasteiger partial charge is 0.251 e. The zero-order valence-electron chi connectivity index (χ0n) is 18.0. The first-order chi connectivity index (χ1) is 15.1. The molecule has 2 atom stereocenters. The van der Waals surface area contributed by atoms with Gasteiger partial charge in [-0.2, -0.15) is 10.2 Å². The van der Waals surface area contributed by atoms with E-state index in [0.717, 1.165) is 72.8 Å². The van der Waals surface area contributed by atoms with Gasteiger partial charge >= 0.3 is 0 Å². The Morgan fingerprint density at radius 3 is 1.90 bits per heavy atom. The van der Waals surface area contributed by atoms with Crippen molar-refractivity contribution >= 4 is 0 Å². The van der Waals surface area contributed by atoms with Crippen LogP contribution in [0.1, 0.15) is 58.3 Å². The van der Waals surface area contributed by atoms with Crippen molar-refractivity contribution in [3.63, 3.8) is 0 Å². The van der Waals surface area contributed by atoms with E-state index in [4.69, 9.17) is 30.2 Å². The van der Waals surface area contributed by atoms with Crippen molar-refractivity contribution in [2.24, 2.45) is 30.2 Å². The molecule has 0 N–H and O–H groups in total. The molecule has 2 spiro atoms. The predicted molar refractivity (Wildman–Crippen MR) is 117 cm³/mol. The summed E-state index contributed by atoms with van der Waals surface area (Å²) in [6.07, 6.45) is 8.32. The van der Waals surface area contributed by atoms with Crippen molar-refractivity contribution in [1.29, 1.82) is 0 Å². The number of benzene rings is 2. The summed E-state index contributed by atoms with van der Waals surface area (Å²) in [6.45, 7) is 2.20. The van der Waals surface area contributed by atoms with Gasteiger partial charge in [0.2, 0.25) is 0 Å². The van der Waals surface area contributed by atoms with E-state index in [-0.39, 0.29) is 6.04 Å². The lowest BCUT2D eigenvalue weighted by Gasteiger charge is -2.42. The first kappa shape index (κ1) is 19.0. The molecule has 0 radical (unpaired) electrons. The molecule has 2 saturated carbocycles. The van der Waals surface area contributed by atoms with Gasteiger partial charge in [-0.15, -0.1) is 0 Å². The van der Waals surface area contributed by atoms with Crippen LogP contribution in [0.3, 0.4) is 0 Å². The summed E-state index contributed by atoms with van der Waals surface area (Å²) in [4.78, 5) is 20.4. The zero-order chi connectivity index (χ0) is 20.9. The van der Waals surface area contributed by atoms with Crippen LogP contribution >= 0.6 is 0 Å². The number of hydrogen-bond donors (Lipinski definition) is 0. The van der Waals surface area contributed by atoms with Crippen LogP contribution in [-0.2, 0) is 0 Å². The number of hydrogen-bond acceptors (Lipinski definition) is 6. The molecule has 0 aromatic heterocycles. The predicted octanol–water partition coefficient (Wildman–Crippen LogP) is 3.01. The van der Waals surface area contributed by atoms with Crippen LogP contribution in [0.5, 0.6) is 0 Å². The van der Waals surface area contributed by atoms with Crippen molar-refractivity contribution in [1.82, 2.24) is 0 Å². The average molecular weight is 413 g/mol. The summed E-state index contributed by atoms with van der Waals surface area (Å²) >= 11 is 0. The maximum atomic E-state index is 5.11. The first-order valence-corrected chi connectivity index (χ1v) is 11.6. The number of azo groups is 1. The third-order valence-corrected chi connectivity index (χ3v) is 7.53. The standard InChI is InChI=1S/C25H28N6/c1-23(15-8-9-17-25(23)28-20-12-4-5-13-21(20)29-25)31-30-22-14-6-7-16-24(22)26-18-10-2-3-11-19(18)27-24/h2-5,10-13,22H,6-9,14-17H2,1H3. The molecule has 0 amide bonds. The van der Waals surface area contributed by atoms with E-state index in [1.54, 1.807) is 0 Å². The normalized spacial score (nSPS) is 29.6. The fourth-order valence-electron chi connectivity index (χ4n) is 5.69. The maximum Gasteiger partial charge on any atom is 0.177 e. The number of rotatable bonds is 2. The second-order valence-corrected chi connectivity index (χ2v) is 9.58. The highest BCUT2D eigenvalue weighted by molar-refractivity contribution is 5.17. The minimum Gasteiger partial charge on any atom is -0.251 e. The van der Waals surface area contributed by atoms with Crippen molar-refractivity contribution in [2.45, 2.75) is 81.2 Å². The monoisotopic (exact) mass is 412 g/mol. The van der Waals surface area contributed by atoms with Crippen LogP contribution in [-0.4, -0.2) is 22.9 Å². The molecule has 2 aliphatic carbocycles. The Kier molecular flexibility index (Phi) is 4.20. The Labute approximate surface area is 181 Å². The number of fused-ring (bicyclic) bond motifs is 2. The first-order valence-electron chi connectivity index (χ1n) is 11.6. The van der Waals surface area contributed by atoms with E-state index in [1.807, 2.05) is 24.3 Å². The molecular weight excluding hydrogens is 384 g/mol.